The van der Waals surface area contributed by atoms with Crippen LogP contribution in [0.15, 0.2) is 29.2 Å². The maximum atomic E-state index is 11.5. The molecule has 0 bridgehead atoms. The summed E-state index contributed by atoms with van der Waals surface area (Å²) in [5.41, 5.74) is 0.345. The summed E-state index contributed by atoms with van der Waals surface area (Å²) in [5, 5.41) is 15.0. The number of unbranched alkanes of at least 4 members (excludes halogenated alkanes) is 1. The maximum absolute atomic E-state index is 11.5. The van der Waals surface area contributed by atoms with E-state index in [1.165, 1.54) is 4.90 Å². The van der Waals surface area contributed by atoms with Crippen molar-refractivity contribution in [3.05, 3.63) is 29.8 Å². The summed E-state index contributed by atoms with van der Waals surface area (Å²) in [4.78, 5) is 1.22. The Morgan fingerprint density at radius 2 is 2.27 bits per heavy atom. The molecule has 0 radical (unpaired) electrons. The number of piperidine rings is 1. The molecular weight excluding hydrogens is 294 g/mol. The van der Waals surface area contributed by atoms with Gasteiger partial charge in [-0.15, -0.1) is 11.8 Å². The van der Waals surface area contributed by atoms with E-state index in [-0.39, 0.29) is 0 Å². The summed E-state index contributed by atoms with van der Waals surface area (Å²) in [6, 6.07) is 8.43. The molecule has 4 heteroatoms. The Bertz CT molecular complexity index is 448. The van der Waals surface area contributed by atoms with Gasteiger partial charge in [0.1, 0.15) is 0 Å². The Kier molecular flexibility index (Phi) is 7.22. The minimum absolute atomic E-state index is 0.293. The third kappa shape index (κ3) is 4.48. The third-order valence-corrected chi connectivity index (χ3v) is 5.42. The van der Waals surface area contributed by atoms with E-state index in [0.29, 0.717) is 5.92 Å². The van der Waals surface area contributed by atoms with E-state index in [1.807, 2.05) is 0 Å². The van der Waals surface area contributed by atoms with Gasteiger partial charge in [-0.2, -0.15) is 0 Å². The lowest BCUT2D eigenvalue weighted by Gasteiger charge is -2.39. The summed E-state index contributed by atoms with van der Waals surface area (Å²) in [7, 11) is 1.74. The zero-order valence-corrected chi connectivity index (χ0v) is 14.6. The van der Waals surface area contributed by atoms with Gasteiger partial charge in [-0.25, -0.2) is 0 Å². The lowest BCUT2D eigenvalue weighted by atomic mass is 9.74. The van der Waals surface area contributed by atoms with Crippen molar-refractivity contribution >= 4 is 11.8 Å². The summed E-state index contributed by atoms with van der Waals surface area (Å²) in [6.07, 6.45) is 7.12. The normalized spacial score (nSPS) is 21.5. The van der Waals surface area contributed by atoms with Gasteiger partial charge in [0.2, 0.25) is 0 Å². The number of thioether (sulfide) groups is 1. The molecule has 2 rings (SSSR count). The van der Waals surface area contributed by atoms with Gasteiger partial charge >= 0.3 is 0 Å². The molecule has 1 fully saturated rings. The van der Waals surface area contributed by atoms with Crippen LogP contribution in [0.1, 0.15) is 37.7 Å². The molecule has 2 atom stereocenters. The SMILES string of the molecule is COCCCC[C@@](O)(c1cccc(SC)c1)C1CCCNC1. The number of rotatable bonds is 8. The largest absolute Gasteiger partial charge is 0.385 e. The molecule has 1 saturated heterocycles. The number of methoxy groups -OCH3 is 1. The van der Waals surface area contributed by atoms with Crippen LogP contribution in [0.5, 0.6) is 0 Å². The molecule has 1 aromatic rings. The van der Waals surface area contributed by atoms with Crippen molar-refractivity contribution in [2.75, 3.05) is 33.1 Å². The minimum atomic E-state index is -0.729. The molecule has 0 aromatic heterocycles. The van der Waals surface area contributed by atoms with Gasteiger partial charge in [0.05, 0.1) is 5.60 Å². The topological polar surface area (TPSA) is 41.5 Å². The highest BCUT2D eigenvalue weighted by atomic mass is 32.2. The van der Waals surface area contributed by atoms with Gasteiger partial charge in [-0.3, -0.25) is 0 Å². The van der Waals surface area contributed by atoms with Crippen LogP contribution in [-0.2, 0) is 10.3 Å². The number of hydrogen-bond acceptors (Lipinski definition) is 4. The summed E-state index contributed by atoms with van der Waals surface area (Å²) < 4.78 is 5.15. The van der Waals surface area contributed by atoms with Gasteiger partial charge in [0.25, 0.3) is 0 Å². The number of nitrogens with one attached hydrogen (secondary N) is 1. The highest BCUT2D eigenvalue weighted by Gasteiger charge is 2.38. The van der Waals surface area contributed by atoms with Crippen molar-refractivity contribution in [3.63, 3.8) is 0 Å². The van der Waals surface area contributed by atoms with Gasteiger partial charge in [-0.05, 0) is 62.6 Å². The maximum Gasteiger partial charge on any atom is 0.0937 e. The molecule has 0 aliphatic carbocycles. The van der Waals surface area contributed by atoms with E-state index in [9.17, 15) is 5.11 Å². The van der Waals surface area contributed by atoms with E-state index in [4.69, 9.17) is 4.74 Å². The summed E-state index contributed by atoms with van der Waals surface area (Å²) in [5.74, 6) is 0.293. The van der Waals surface area contributed by atoms with Crippen molar-refractivity contribution < 1.29 is 9.84 Å². The van der Waals surface area contributed by atoms with E-state index in [2.05, 4.69) is 35.8 Å². The first kappa shape index (κ1) is 17.8. The molecule has 1 aliphatic heterocycles. The number of ether oxygens (including phenoxy) is 1. The third-order valence-electron chi connectivity index (χ3n) is 4.70. The molecule has 0 amide bonds. The van der Waals surface area contributed by atoms with Crippen molar-refractivity contribution in [3.8, 4) is 0 Å². The molecule has 0 saturated carbocycles. The number of hydrogen-bond donors (Lipinski definition) is 2. The quantitative estimate of drug-likeness (QED) is 0.568. The molecule has 1 unspecified atom stereocenters. The van der Waals surface area contributed by atoms with Gasteiger partial charge < -0.3 is 15.2 Å². The second kappa shape index (κ2) is 8.92. The van der Waals surface area contributed by atoms with Crippen molar-refractivity contribution in [2.45, 2.75) is 42.6 Å². The van der Waals surface area contributed by atoms with E-state index < -0.39 is 5.60 Å². The molecule has 2 N–H and O–H groups in total. The Balaban J connectivity index is 2.18. The summed E-state index contributed by atoms with van der Waals surface area (Å²) >= 11 is 1.73. The Labute approximate surface area is 138 Å². The fraction of sp³-hybridized carbons (Fsp3) is 0.667. The first-order chi connectivity index (χ1) is 10.7. The second-order valence-electron chi connectivity index (χ2n) is 6.15. The molecule has 124 valence electrons. The number of aliphatic hydroxyl groups is 1. The van der Waals surface area contributed by atoms with Crippen LogP contribution < -0.4 is 5.32 Å². The lowest BCUT2D eigenvalue weighted by Crippen LogP contribution is -2.44. The fourth-order valence-electron chi connectivity index (χ4n) is 3.38. The predicted molar refractivity (Wildman–Crippen MR) is 93.4 cm³/mol. The first-order valence-electron chi connectivity index (χ1n) is 8.27. The molecular formula is C18H29NO2S. The van der Waals surface area contributed by atoms with Crippen LogP contribution in [0.25, 0.3) is 0 Å². The monoisotopic (exact) mass is 323 g/mol. The Morgan fingerprint density at radius 3 is 2.95 bits per heavy atom. The fourth-order valence-corrected chi connectivity index (χ4v) is 3.84. The van der Waals surface area contributed by atoms with Crippen LogP contribution in [0.3, 0.4) is 0 Å². The average Bonchev–Trinajstić information content (AvgIpc) is 2.59. The summed E-state index contributed by atoms with van der Waals surface area (Å²) in [6.45, 7) is 2.75. The van der Waals surface area contributed by atoms with Crippen LogP contribution in [0.2, 0.25) is 0 Å². The molecule has 1 heterocycles. The molecule has 0 spiro atoms. The van der Waals surface area contributed by atoms with E-state index >= 15 is 0 Å². The zero-order valence-electron chi connectivity index (χ0n) is 13.8. The van der Waals surface area contributed by atoms with Crippen molar-refractivity contribution in [1.29, 1.82) is 0 Å². The Hall–Kier alpha value is -0.550. The van der Waals surface area contributed by atoms with Crippen LogP contribution in [0.4, 0.5) is 0 Å². The minimum Gasteiger partial charge on any atom is -0.385 e. The van der Waals surface area contributed by atoms with Crippen LogP contribution >= 0.6 is 11.8 Å². The molecule has 1 aliphatic rings. The lowest BCUT2D eigenvalue weighted by molar-refractivity contribution is -0.0435. The van der Waals surface area contributed by atoms with E-state index in [0.717, 1.165) is 57.4 Å². The standard InChI is InChI=1S/C18H29NO2S/c1-21-12-4-3-10-18(20,16-8-6-11-19-14-16)15-7-5-9-17(13-15)22-2/h5,7,9,13,16,19-20H,3-4,6,8,10-12,14H2,1-2H3/t16?,18-/m1/s1. The van der Waals surface area contributed by atoms with Gasteiger partial charge in [-0.1, -0.05) is 12.1 Å². The molecule has 22 heavy (non-hydrogen) atoms. The molecule has 3 nitrogen and oxygen atoms in total. The second-order valence-corrected chi connectivity index (χ2v) is 7.03. The van der Waals surface area contributed by atoms with Crippen molar-refractivity contribution in [2.24, 2.45) is 5.92 Å². The highest BCUT2D eigenvalue weighted by Crippen LogP contribution is 2.39. The average molecular weight is 324 g/mol. The zero-order chi connectivity index (χ0) is 15.8. The molecule has 1 aromatic carbocycles. The van der Waals surface area contributed by atoms with Crippen LogP contribution in [0, 0.1) is 5.92 Å². The van der Waals surface area contributed by atoms with Gasteiger partial charge in [0, 0.05) is 31.1 Å². The van der Waals surface area contributed by atoms with Crippen LogP contribution in [-0.4, -0.2) is 38.2 Å². The van der Waals surface area contributed by atoms with Gasteiger partial charge in [0.15, 0.2) is 0 Å². The van der Waals surface area contributed by atoms with E-state index in [1.54, 1.807) is 18.9 Å². The first-order valence-corrected chi connectivity index (χ1v) is 9.49. The smallest absolute Gasteiger partial charge is 0.0937 e. The Morgan fingerprint density at radius 1 is 1.41 bits per heavy atom. The predicted octanol–water partition coefficient (Wildman–Crippen LogP) is 3.41. The highest BCUT2D eigenvalue weighted by molar-refractivity contribution is 7.98. The number of benzene rings is 1. The van der Waals surface area contributed by atoms with Crippen molar-refractivity contribution in [1.82, 2.24) is 5.32 Å².